The lowest BCUT2D eigenvalue weighted by atomic mass is 9.79. The molecule has 0 amide bonds. The molecule has 1 unspecified atom stereocenters. The molecule has 3 aliphatic rings. The molecule has 27 heavy (non-hydrogen) atoms. The minimum Gasteiger partial charge on any atom is -0.453 e. The van der Waals surface area contributed by atoms with Crippen LogP contribution in [-0.2, 0) is 13.6 Å². The summed E-state index contributed by atoms with van der Waals surface area (Å²) >= 11 is 1.53. The first kappa shape index (κ1) is 17.8. The molecule has 2 aromatic heterocycles. The summed E-state index contributed by atoms with van der Waals surface area (Å²) in [6, 6.07) is 4.17. The second-order valence-electron chi connectivity index (χ2n) is 8.79. The first-order valence-electron chi connectivity index (χ1n) is 10.2. The fourth-order valence-corrected chi connectivity index (χ4v) is 5.54. The lowest BCUT2D eigenvalue weighted by molar-refractivity contribution is 0.0874. The van der Waals surface area contributed by atoms with Crippen LogP contribution in [0.25, 0.3) is 0 Å². The summed E-state index contributed by atoms with van der Waals surface area (Å²) in [4.78, 5) is 5.35. The fraction of sp³-hybridized carbons (Fsp3) is 0.700. The van der Waals surface area contributed by atoms with Gasteiger partial charge in [0.1, 0.15) is 12.1 Å². The van der Waals surface area contributed by atoms with E-state index >= 15 is 0 Å². The molecular formula is C20H29N5OS. The van der Waals surface area contributed by atoms with Crippen molar-refractivity contribution < 1.29 is 4.42 Å². The van der Waals surface area contributed by atoms with Crippen LogP contribution in [-0.4, -0.2) is 57.3 Å². The van der Waals surface area contributed by atoms with Gasteiger partial charge in [-0.2, -0.15) is 0 Å². The zero-order valence-corrected chi connectivity index (χ0v) is 17.0. The summed E-state index contributed by atoms with van der Waals surface area (Å²) in [6.45, 7) is 7.32. The Bertz CT molecular complexity index is 785. The number of likely N-dealkylation sites (tertiary alicyclic amines) is 2. The highest BCUT2D eigenvalue weighted by Crippen LogP contribution is 2.41. The van der Waals surface area contributed by atoms with E-state index in [2.05, 4.69) is 32.1 Å². The molecule has 7 heteroatoms. The van der Waals surface area contributed by atoms with Gasteiger partial charge in [0.25, 0.3) is 0 Å². The number of aryl methyl sites for hydroxylation is 1. The Balaban J connectivity index is 1.17. The van der Waals surface area contributed by atoms with Gasteiger partial charge in [-0.15, -0.1) is 10.2 Å². The number of rotatable bonds is 6. The van der Waals surface area contributed by atoms with Gasteiger partial charge in [0.05, 0.1) is 6.54 Å². The zero-order valence-electron chi connectivity index (χ0n) is 16.1. The molecule has 1 spiro atoms. The first-order chi connectivity index (χ1) is 13.2. The SMILES string of the molecule is Cn1cnnc1Sc1ccc(CN2CCC3(CCCN(CC4CC4)C3)C2)o1. The van der Waals surface area contributed by atoms with Crippen molar-refractivity contribution in [3.05, 3.63) is 24.2 Å². The maximum Gasteiger partial charge on any atom is 0.198 e. The molecule has 2 aliphatic heterocycles. The molecule has 4 heterocycles. The van der Waals surface area contributed by atoms with Crippen LogP contribution in [0.4, 0.5) is 0 Å². The van der Waals surface area contributed by atoms with Crippen LogP contribution in [0.1, 0.15) is 37.9 Å². The van der Waals surface area contributed by atoms with Crippen molar-refractivity contribution in [1.29, 1.82) is 0 Å². The molecule has 1 saturated carbocycles. The summed E-state index contributed by atoms with van der Waals surface area (Å²) in [5, 5.41) is 9.78. The lowest BCUT2D eigenvalue weighted by Gasteiger charge is -2.40. The van der Waals surface area contributed by atoms with Gasteiger partial charge < -0.3 is 13.9 Å². The first-order valence-corrected chi connectivity index (χ1v) is 11.0. The summed E-state index contributed by atoms with van der Waals surface area (Å²) in [5.74, 6) is 2.06. The molecule has 5 rings (SSSR count). The zero-order chi connectivity index (χ0) is 18.3. The van der Waals surface area contributed by atoms with Crippen LogP contribution < -0.4 is 0 Å². The van der Waals surface area contributed by atoms with Gasteiger partial charge in [-0.25, -0.2) is 0 Å². The molecule has 0 aromatic carbocycles. The van der Waals surface area contributed by atoms with Crippen molar-refractivity contribution >= 4 is 11.8 Å². The van der Waals surface area contributed by atoms with Crippen molar-refractivity contribution in [3.63, 3.8) is 0 Å². The molecule has 1 atom stereocenters. The van der Waals surface area contributed by atoms with E-state index in [1.165, 1.54) is 76.6 Å². The quantitative estimate of drug-likeness (QED) is 0.758. The largest absolute Gasteiger partial charge is 0.453 e. The van der Waals surface area contributed by atoms with Crippen LogP contribution in [0.3, 0.4) is 0 Å². The Kier molecular flexibility index (Phi) is 4.78. The summed E-state index contributed by atoms with van der Waals surface area (Å²) in [6.07, 6.45) is 8.75. The molecule has 0 radical (unpaired) electrons. The van der Waals surface area contributed by atoms with Crippen molar-refractivity contribution in [1.82, 2.24) is 24.6 Å². The topological polar surface area (TPSA) is 50.3 Å². The smallest absolute Gasteiger partial charge is 0.198 e. The molecule has 2 aromatic rings. The van der Waals surface area contributed by atoms with Crippen molar-refractivity contribution in [2.24, 2.45) is 18.4 Å². The Hall–Kier alpha value is -1.31. The molecule has 0 bridgehead atoms. The Morgan fingerprint density at radius 3 is 2.89 bits per heavy atom. The van der Waals surface area contributed by atoms with E-state index in [0.717, 1.165) is 28.5 Å². The number of piperidine rings is 1. The second kappa shape index (κ2) is 7.26. The van der Waals surface area contributed by atoms with Gasteiger partial charge in [0, 0.05) is 26.7 Å². The average Bonchev–Trinajstić information content (AvgIpc) is 3.01. The Morgan fingerprint density at radius 2 is 2.07 bits per heavy atom. The minimum absolute atomic E-state index is 0.524. The number of hydrogen-bond donors (Lipinski definition) is 0. The molecule has 0 N–H and O–H groups in total. The van der Waals surface area contributed by atoms with E-state index in [0.29, 0.717) is 5.41 Å². The van der Waals surface area contributed by atoms with Crippen LogP contribution in [0, 0.1) is 11.3 Å². The van der Waals surface area contributed by atoms with E-state index in [4.69, 9.17) is 4.42 Å². The number of nitrogens with zero attached hydrogens (tertiary/aromatic N) is 5. The second-order valence-corrected chi connectivity index (χ2v) is 9.76. The van der Waals surface area contributed by atoms with Crippen molar-refractivity contribution in [2.45, 2.75) is 48.9 Å². The van der Waals surface area contributed by atoms with Gasteiger partial charge in [0.15, 0.2) is 10.2 Å². The van der Waals surface area contributed by atoms with Gasteiger partial charge in [0.2, 0.25) is 0 Å². The van der Waals surface area contributed by atoms with E-state index in [-0.39, 0.29) is 0 Å². The van der Waals surface area contributed by atoms with E-state index in [1.807, 2.05) is 11.6 Å². The van der Waals surface area contributed by atoms with Crippen molar-refractivity contribution in [3.8, 4) is 0 Å². The average molecular weight is 388 g/mol. The lowest BCUT2D eigenvalue weighted by Crippen LogP contribution is -2.45. The van der Waals surface area contributed by atoms with Gasteiger partial charge in [-0.05, 0) is 80.4 Å². The summed E-state index contributed by atoms with van der Waals surface area (Å²) in [5.41, 5.74) is 0.524. The van der Waals surface area contributed by atoms with Gasteiger partial charge in [-0.3, -0.25) is 4.90 Å². The molecule has 1 aliphatic carbocycles. The summed E-state index contributed by atoms with van der Waals surface area (Å²) < 4.78 is 7.97. The molecular weight excluding hydrogens is 358 g/mol. The van der Waals surface area contributed by atoms with Crippen LogP contribution in [0.2, 0.25) is 0 Å². The van der Waals surface area contributed by atoms with Gasteiger partial charge in [-0.1, -0.05) is 0 Å². The Labute approximate surface area is 165 Å². The maximum atomic E-state index is 6.06. The Morgan fingerprint density at radius 1 is 1.19 bits per heavy atom. The predicted molar refractivity (Wildman–Crippen MR) is 105 cm³/mol. The van der Waals surface area contributed by atoms with Crippen LogP contribution in [0.5, 0.6) is 0 Å². The third-order valence-corrected chi connectivity index (χ3v) is 7.32. The molecule has 146 valence electrons. The number of furan rings is 1. The number of hydrogen-bond acceptors (Lipinski definition) is 6. The van der Waals surface area contributed by atoms with E-state index < -0.39 is 0 Å². The molecule has 3 fully saturated rings. The molecule has 6 nitrogen and oxygen atoms in total. The van der Waals surface area contributed by atoms with Crippen LogP contribution >= 0.6 is 11.8 Å². The summed E-state index contributed by atoms with van der Waals surface area (Å²) in [7, 11) is 1.95. The molecule has 2 saturated heterocycles. The fourth-order valence-electron chi connectivity index (χ4n) is 4.80. The highest BCUT2D eigenvalue weighted by atomic mass is 32.2. The monoisotopic (exact) mass is 387 g/mol. The van der Waals surface area contributed by atoms with Gasteiger partial charge >= 0.3 is 0 Å². The van der Waals surface area contributed by atoms with Crippen LogP contribution in [0.15, 0.2) is 33.1 Å². The normalized spacial score (nSPS) is 27.0. The van der Waals surface area contributed by atoms with E-state index in [1.54, 1.807) is 6.33 Å². The third kappa shape index (κ3) is 4.10. The standard InChI is InChI=1S/C20H29N5OS/c1-23-15-21-22-19(23)27-18-6-5-17(26-18)12-25-10-8-20(14-25)7-2-9-24(13-20)11-16-3-4-16/h5-6,15-16H,2-4,7-14H2,1H3. The number of aromatic nitrogens is 3. The highest BCUT2D eigenvalue weighted by molar-refractivity contribution is 7.99. The van der Waals surface area contributed by atoms with Crippen molar-refractivity contribution in [2.75, 3.05) is 32.7 Å². The highest BCUT2D eigenvalue weighted by Gasteiger charge is 2.42. The van der Waals surface area contributed by atoms with E-state index in [9.17, 15) is 0 Å². The minimum atomic E-state index is 0.524. The predicted octanol–water partition coefficient (Wildman–Crippen LogP) is 3.26. The third-order valence-electron chi connectivity index (χ3n) is 6.35. The maximum absolute atomic E-state index is 6.06.